The maximum absolute atomic E-state index is 12.7. The van der Waals surface area contributed by atoms with Crippen molar-refractivity contribution in [3.8, 4) is 0 Å². The summed E-state index contributed by atoms with van der Waals surface area (Å²) in [5.74, 6) is -3.89. The summed E-state index contributed by atoms with van der Waals surface area (Å²) in [6.45, 7) is 2.49. The summed E-state index contributed by atoms with van der Waals surface area (Å²) in [5, 5.41) is 24.9. The van der Waals surface area contributed by atoms with Crippen LogP contribution in [0.5, 0.6) is 0 Å². The SMILES string of the molecule is CCC(C)C(NC(=O)[C@@H]1CCCN1C(=O)CN)C(=O)NCC(=O)NC(CO)C(=O)O. The number of rotatable bonds is 11. The van der Waals surface area contributed by atoms with Gasteiger partial charge in [0.05, 0.1) is 19.7 Å². The molecule has 3 unspecified atom stereocenters. The molecule has 1 fully saturated rings. The van der Waals surface area contributed by atoms with Gasteiger partial charge in [0, 0.05) is 6.54 Å². The number of nitrogens with one attached hydrogen (secondary N) is 3. The van der Waals surface area contributed by atoms with Crippen LogP contribution in [0.15, 0.2) is 0 Å². The van der Waals surface area contributed by atoms with Gasteiger partial charge in [-0.15, -0.1) is 0 Å². The molecule has 0 aliphatic carbocycles. The molecular formula is C18H31N5O7. The fraction of sp³-hybridized carbons (Fsp3) is 0.722. The first-order valence-corrected chi connectivity index (χ1v) is 9.86. The number of likely N-dealkylation sites (tertiary alicyclic amines) is 1. The van der Waals surface area contributed by atoms with E-state index in [0.29, 0.717) is 25.8 Å². The van der Waals surface area contributed by atoms with Crippen LogP contribution in [0.1, 0.15) is 33.1 Å². The highest BCUT2D eigenvalue weighted by molar-refractivity contribution is 5.94. The number of amides is 4. The molecule has 0 aromatic carbocycles. The Labute approximate surface area is 174 Å². The van der Waals surface area contributed by atoms with Gasteiger partial charge in [-0.1, -0.05) is 20.3 Å². The fourth-order valence-electron chi connectivity index (χ4n) is 3.11. The summed E-state index contributed by atoms with van der Waals surface area (Å²) in [5.41, 5.74) is 5.39. The number of carbonyl (C=O) groups is 5. The topological polar surface area (TPSA) is 191 Å². The molecule has 1 rings (SSSR count). The first-order valence-electron chi connectivity index (χ1n) is 9.86. The van der Waals surface area contributed by atoms with Crippen LogP contribution in [-0.4, -0.2) is 89.1 Å². The first-order chi connectivity index (χ1) is 14.2. The Morgan fingerprint density at radius 3 is 2.40 bits per heavy atom. The number of carboxylic acid groups (broad SMARTS) is 1. The number of hydrogen-bond donors (Lipinski definition) is 6. The van der Waals surface area contributed by atoms with Gasteiger partial charge in [-0.05, 0) is 18.8 Å². The van der Waals surface area contributed by atoms with E-state index in [1.807, 2.05) is 6.92 Å². The third-order valence-corrected chi connectivity index (χ3v) is 5.08. The van der Waals surface area contributed by atoms with Crippen molar-refractivity contribution in [3.05, 3.63) is 0 Å². The normalized spacial score (nSPS) is 18.8. The van der Waals surface area contributed by atoms with Crippen molar-refractivity contribution in [2.24, 2.45) is 11.7 Å². The molecule has 1 aliphatic heterocycles. The van der Waals surface area contributed by atoms with Crippen LogP contribution in [0.3, 0.4) is 0 Å². The molecule has 0 bridgehead atoms. The predicted octanol–water partition coefficient (Wildman–Crippen LogP) is -2.86. The lowest BCUT2D eigenvalue weighted by Crippen LogP contribution is -2.56. The number of carbonyl (C=O) groups excluding carboxylic acids is 4. The van der Waals surface area contributed by atoms with E-state index in [0.717, 1.165) is 0 Å². The van der Waals surface area contributed by atoms with Gasteiger partial charge in [0.1, 0.15) is 18.1 Å². The van der Waals surface area contributed by atoms with Gasteiger partial charge < -0.3 is 36.8 Å². The number of carboxylic acids is 1. The lowest BCUT2D eigenvalue weighted by atomic mass is 9.97. The number of aliphatic hydroxyl groups excluding tert-OH is 1. The molecule has 0 aromatic rings. The van der Waals surface area contributed by atoms with Gasteiger partial charge in [-0.25, -0.2) is 4.79 Å². The van der Waals surface area contributed by atoms with Crippen molar-refractivity contribution in [1.82, 2.24) is 20.9 Å². The summed E-state index contributed by atoms with van der Waals surface area (Å²) in [6.07, 6.45) is 1.68. The average Bonchev–Trinajstić information content (AvgIpc) is 3.22. The highest BCUT2D eigenvalue weighted by Crippen LogP contribution is 2.18. The van der Waals surface area contributed by atoms with Gasteiger partial charge in [0.15, 0.2) is 0 Å². The largest absolute Gasteiger partial charge is 0.480 e. The Balaban J connectivity index is 2.73. The molecule has 170 valence electrons. The number of nitrogens with two attached hydrogens (primary N) is 1. The van der Waals surface area contributed by atoms with Crippen LogP contribution >= 0.6 is 0 Å². The highest BCUT2D eigenvalue weighted by Gasteiger charge is 2.36. The molecule has 1 aliphatic rings. The van der Waals surface area contributed by atoms with Crippen LogP contribution in [0, 0.1) is 5.92 Å². The Morgan fingerprint density at radius 2 is 1.87 bits per heavy atom. The predicted molar refractivity (Wildman–Crippen MR) is 105 cm³/mol. The molecule has 12 heteroatoms. The van der Waals surface area contributed by atoms with Crippen LogP contribution in [-0.2, 0) is 24.0 Å². The molecule has 0 saturated carbocycles. The molecule has 12 nitrogen and oxygen atoms in total. The molecule has 0 aromatic heterocycles. The third kappa shape index (κ3) is 6.95. The van der Waals surface area contributed by atoms with E-state index >= 15 is 0 Å². The lowest BCUT2D eigenvalue weighted by Gasteiger charge is -2.28. The summed E-state index contributed by atoms with van der Waals surface area (Å²) >= 11 is 0. The van der Waals surface area contributed by atoms with Crippen LogP contribution in [0.25, 0.3) is 0 Å². The van der Waals surface area contributed by atoms with Crippen molar-refractivity contribution >= 4 is 29.6 Å². The molecule has 4 amide bonds. The Bertz CT molecular complexity index is 657. The second-order valence-electron chi connectivity index (χ2n) is 7.18. The van der Waals surface area contributed by atoms with Crippen molar-refractivity contribution < 1.29 is 34.2 Å². The molecule has 7 N–H and O–H groups in total. The summed E-state index contributed by atoms with van der Waals surface area (Å²) in [4.78, 5) is 61.3. The summed E-state index contributed by atoms with van der Waals surface area (Å²) < 4.78 is 0. The van der Waals surface area contributed by atoms with Gasteiger partial charge in [0.25, 0.3) is 0 Å². The van der Waals surface area contributed by atoms with Crippen LogP contribution in [0.2, 0.25) is 0 Å². The van der Waals surface area contributed by atoms with Crippen LogP contribution < -0.4 is 21.7 Å². The van der Waals surface area contributed by atoms with Crippen LogP contribution in [0.4, 0.5) is 0 Å². The zero-order valence-electron chi connectivity index (χ0n) is 17.2. The fourth-order valence-corrected chi connectivity index (χ4v) is 3.11. The zero-order valence-corrected chi connectivity index (χ0v) is 17.2. The second kappa shape index (κ2) is 12.1. The first kappa shape index (κ1) is 25.3. The van der Waals surface area contributed by atoms with E-state index < -0.39 is 55.0 Å². The van der Waals surface area contributed by atoms with Crippen molar-refractivity contribution in [3.63, 3.8) is 0 Å². The number of aliphatic hydroxyl groups is 1. The summed E-state index contributed by atoms with van der Waals surface area (Å²) in [6, 6.07) is -3.13. The lowest BCUT2D eigenvalue weighted by molar-refractivity contribution is -0.142. The molecule has 4 atom stereocenters. The monoisotopic (exact) mass is 429 g/mol. The molecule has 1 heterocycles. The Morgan fingerprint density at radius 1 is 1.20 bits per heavy atom. The number of hydrogen-bond acceptors (Lipinski definition) is 7. The Hall–Kier alpha value is -2.73. The van der Waals surface area contributed by atoms with E-state index in [4.69, 9.17) is 15.9 Å². The minimum atomic E-state index is -1.48. The van der Waals surface area contributed by atoms with Gasteiger partial charge in [-0.2, -0.15) is 0 Å². The van der Waals surface area contributed by atoms with E-state index in [-0.39, 0.29) is 18.4 Å². The van der Waals surface area contributed by atoms with E-state index in [1.54, 1.807) is 6.92 Å². The summed E-state index contributed by atoms with van der Waals surface area (Å²) in [7, 11) is 0. The molecular weight excluding hydrogens is 398 g/mol. The average molecular weight is 429 g/mol. The van der Waals surface area contributed by atoms with Gasteiger partial charge in [-0.3, -0.25) is 19.2 Å². The second-order valence-corrected chi connectivity index (χ2v) is 7.18. The number of aliphatic carboxylic acids is 1. The minimum absolute atomic E-state index is 0.209. The van der Waals surface area contributed by atoms with Gasteiger partial charge >= 0.3 is 5.97 Å². The third-order valence-electron chi connectivity index (χ3n) is 5.08. The maximum atomic E-state index is 12.7. The zero-order chi connectivity index (χ0) is 22.8. The standard InChI is InChI=1S/C18H31N5O7/c1-3-10(2)15(17(28)20-8-13(25)21-11(9-24)18(29)30)22-16(27)12-5-4-6-23(12)14(26)7-19/h10-12,15,24H,3-9,19H2,1-2H3,(H,20,28)(H,21,25)(H,22,27)(H,29,30)/t10?,11?,12-,15?/m0/s1. The highest BCUT2D eigenvalue weighted by atomic mass is 16.4. The van der Waals surface area contributed by atoms with E-state index in [2.05, 4.69) is 16.0 Å². The van der Waals surface area contributed by atoms with Crippen molar-refractivity contribution in [2.45, 2.75) is 51.2 Å². The quantitative estimate of drug-likeness (QED) is 0.202. The van der Waals surface area contributed by atoms with E-state index in [9.17, 15) is 24.0 Å². The molecule has 0 spiro atoms. The van der Waals surface area contributed by atoms with Gasteiger partial charge in [0.2, 0.25) is 23.6 Å². The maximum Gasteiger partial charge on any atom is 0.328 e. The van der Waals surface area contributed by atoms with Crippen molar-refractivity contribution in [1.29, 1.82) is 0 Å². The van der Waals surface area contributed by atoms with Crippen molar-refractivity contribution in [2.75, 3.05) is 26.2 Å². The van der Waals surface area contributed by atoms with E-state index in [1.165, 1.54) is 4.90 Å². The minimum Gasteiger partial charge on any atom is -0.480 e. The smallest absolute Gasteiger partial charge is 0.328 e. The Kier molecular flexibility index (Phi) is 10.2. The molecule has 1 saturated heterocycles. The number of nitrogens with zero attached hydrogens (tertiary/aromatic N) is 1. The molecule has 0 radical (unpaired) electrons. The molecule has 30 heavy (non-hydrogen) atoms.